The summed E-state index contributed by atoms with van der Waals surface area (Å²) >= 11 is 0. The molecule has 0 aliphatic heterocycles. The molecule has 0 saturated carbocycles. The summed E-state index contributed by atoms with van der Waals surface area (Å²) in [5, 5.41) is 10.6. The highest BCUT2D eigenvalue weighted by Gasteiger charge is 2.30. The van der Waals surface area contributed by atoms with E-state index in [1.165, 1.54) is 205 Å². The van der Waals surface area contributed by atoms with Crippen LogP contribution < -0.4 is 0 Å². The molecule has 3 N–H and O–H groups in total. The van der Waals surface area contributed by atoms with Crippen LogP contribution in [-0.4, -0.2) is 96.7 Å². The van der Waals surface area contributed by atoms with Crippen LogP contribution in [0.15, 0.2) is 0 Å². The third kappa shape index (κ3) is 67.0. The zero-order valence-corrected chi connectivity index (χ0v) is 62.2. The summed E-state index contributed by atoms with van der Waals surface area (Å²) in [6, 6.07) is 0. The highest BCUT2D eigenvalue weighted by molar-refractivity contribution is 7.47. The number of carbonyl (C=O) groups excluding carboxylic acids is 4. The topological polar surface area (TPSA) is 237 Å². The number of rotatable bonds is 74. The average Bonchev–Trinajstić information content (AvgIpc) is 2.86. The van der Waals surface area contributed by atoms with Gasteiger partial charge in [-0.25, -0.2) is 9.13 Å². The molecule has 0 rings (SSSR count). The predicted octanol–water partition coefficient (Wildman–Crippen LogP) is 21.7. The third-order valence-corrected chi connectivity index (χ3v) is 19.5. The molecule has 93 heavy (non-hydrogen) atoms. The highest BCUT2D eigenvalue weighted by atomic mass is 31.2. The number of ether oxygens (including phenoxy) is 4. The molecular formula is C74H144O17P2. The van der Waals surface area contributed by atoms with Crippen LogP contribution in [-0.2, 0) is 65.4 Å². The van der Waals surface area contributed by atoms with Crippen molar-refractivity contribution in [1.29, 1.82) is 0 Å². The normalized spacial score (nSPS) is 14.3. The second-order valence-corrected chi connectivity index (χ2v) is 29.8. The van der Waals surface area contributed by atoms with Crippen molar-refractivity contribution in [3.05, 3.63) is 0 Å². The zero-order valence-electron chi connectivity index (χ0n) is 60.4. The van der Waals surface area contributed by atoms with Crippen molar-refractivity contribution >= 4 is 39.5 Å². The van der Waals surface area contributed by atoms with E-state index < -0.39 is 97.5 Å². The molecule has 0 aliphatic rings. The van der Waals surface area contributed by atoms with Crippen LogP contribution in [0, 0.1) is 5.92 Å². The molecule has 6 atom stereocenters. The lowest BCUT2D eigenvalue weighted by Crippen LogP contribution is -2.30. The second kappa shape index (κ2) is 67.3. The molecule has 0 aromatic heterocycles. The molecule has 0 radical (unpaired) electrons. The number of carbonyl (C=O) groups is 4. The average molecular weight is 1370 g/mol. The summed E-state index contributed by atoms with van der Waals surface area (Å²) in [5.74, 6) is -1.28. The quantitative estimate of drug-likeness (QED) is 0.0222. The SMILES string of the molecule is CCCCCCCCCCCCCCCCCCCCCCCC(=O)O[C@H](COC(=O)CCCCCCCCCCCCCCCCC(C)CC)COP(=O)(O)OC[C@@H](O)COP(=O)(O)OC[C@@H](COC(=O)CCCCCCC)OC(=O)CCCCCCCCCCC. The lowest BCUT2D eigenvalue weighted by atomic mass is 9.99. The number of phosphoric acid groups is 2. The van der Waals surface area contributed by atoms with Gasteiger partial charge in [0.1, 0.15) is 19.3 Å². The van der Waals surface area contributed by atoms with Crippen LogP contribution in [0.1, 0.15) is 388 Å². The predicted molar refractivity (Wildman–Crippen MR) is 377 cm³/mol. The van der Waals surface area contributed by atoms with Crippen molar-refractivity contribution in [2.24, 2.45) is 5.92 Å². The first kappa shape index (κ1) is 91.1. The van der Waals surface area contributed by atoms with E-state index in [1.54, 1.807) is 0 Å². The Morgan fingerprint density at radius 1 is 0.301 bits per heavy atom. The Bertz CT molecular complexity index is 1790. The number of phosphoric ester groups is 2. The van der Waals surface area contributed by atoms with Gasteiger partial charge in [-0.2, -0.15) is 0 Å². The van der Waals surface area contributed by atoms with E-state index in [0.29, 0.717) is 25.7 Å². The highest BCUT2D eigenvalue weighted by Crippen LogP contribution is 2.45. The van der Waals surface area contributed by atoms with Gasteiger partial charge in [0.15, 0.2) is 12.2 Å². The standard InChI is InChI=1S/C74H144O17P2/c1-6-10-13-16-18-20-21-22-23-24-25-26-27-28-29-34-37-41-45-50-55-60-74(79)91-70(64-85-72(77)58-53-48-43-40-36-33-31-30-32-35-39-42-47-51-56-67(5)9-4)66-89-93(82,83)87-62-68(75)61-86-92(80,81)88-65-69(63-84-71(76)57-52-46-15-12-8-3)90-73(78)59-54-49-44-38-19-17-14-11-7-2/h67-70,75H,6-66H2,1-5H3,(H,80,81)(H,82,83)/t67?,68-,69+,70+/m0/s1. The molecule has 0 bridgehead atoms. The first-order valence-corrected chi connectivity index (χ1v) is 41.7. The largest absolute Gasteiger partial charge is 0.472 e. The maximum absolute atomic E-state index is 13.1. The summed E-state index contributed by atoms with van der Waals surface area (Å²) in [7, 11) is -9.89. The van der Waals surface area contributed by atoms with Crippen molar-refractivity contribution in [3.63, 3.8) is 0 Å². The van der Waals surface area contributed by atoms with E-state index in [2.05, 4.69) is 34.6 Å². The molecule has 17 nitrogen and oxygen atoms in total. The molecule has 0 aromatic rings. The van der Waals surface area contributed by atoms with Crippen molar-refractivity contribution in [2.75, 3.05) is 39.6 Å². The van der Waals surface area contributed by atoms with E-state index in [9.17, 15) is 43.2 Å². The molecule has 0 saturated heterocycles. The van der Waals surface area contributed by atoms with Gasteiger partial charge in [-0.3, -0.25) is 37.3 Å². The lowest BCUT2D eigenvalue weighted by Gasteiger charge is -2.21. The Balaban J connectivity index is 5.10. The van der Waals surface area contributed by atoms with Crippen LogP contribution in [0.4, 0.5) is 0 Å². The van der Waals surface area contributed by atoms with Crippen molar-refractivity contribution in [3.8, 4) is 0 Å². The smallest absolute Gasteiger partial charge is 0.462 e. The first-order valence-electron chi connectivity index (χ1n) is 38.7. The van der Waals surface area contributed by atoms with Crippen LogP contribution in [0.25, 0.3) is 0 Å². The van der Waals surface area contributed by atoms with Crippen molar-refractivity contribution in [1.82, 2.24) is 0 Å². The van der Waals surface area contributed by atoms with E-state index >= 15 is 0 Å². The molecule has 0 heterocycles. The maximum atomic E-state index is 13.1. The summed E-state index contributed by atoms with van der Waals surface area (Å²) in [6.45, 7) is 7.22. The molecule has 3 unspecified atom stereocenters. The molecule has 0 aliphatic carbocycles. The minimum Gasteiger partial charge on any atom is -0.462 e. The molecule has 0 amide bonds. The number of esters is 4. The van der Waals surface area contributed by atoms with Crippen LogP contribution in [0.3, 0.4) is 0 Å². The van der Waals surface area contributed by atoms with Gasteiger partial charge in [-0.1, -0.05) is 336 Å². The van der Waals surface area contributed by atoms with Crippen LogP contribution in [0.5, 0.6) is 0 Å². The van der Waals surface area contributed by atoms with E-state index in [1.807, 2.05) is 0 Å². The van der Waals surface area contributed by atoms with Gasteiger partial charge in [0, 0.05) is 25.7 Å². The zero-order chi connectivity index (χ0) is 68.4. The van der Waals surface area contributed by atoms with Gasteiger partial charge < -0.3 is 33.8 Å². The maximum Gasteiger partial charge on any atom is 0.472 e. The van der Waals surface area contributed by atoms with Gasteiger partial charge >= 0.3 is 39.5 Å². The van der Waals surface area contributed by atoms with Gasteiger partial charge in [0.25, 0.3) is 0 Å². The monoisotopic (exact) mass is 1370 g/mol. The number of aliphatic hydroxyl groups excluding tert-OH is 1. The Morgan fingerprint density at radius 2 is 0.516 bits per heavy atom. The van der Waals surface area contributed by atoms with Crippen LogP contribution >= 0.6 is 15.6 Å². The molecule has 0 spiro atoms. The fourth-order valence-corrected chi connectivity index (χ4v) is 12.9. The molecule has 0 fully saturated rings. The minimum atomic E-state index is -4.95. The molecule has 19 heteroatoms. The van der Waals surface area contributed by atoms with Gasteiger partial charge in [-0.05, 0) is 31.6 Å². The van der Waals surface area contributed by atoms with E-state index in [0.717, 1.165) is 102 Å². The number of unbranched alkanes of at least 4 members (excludes halogenated alkanes) is 45. The Morgan fingerprint density at radius 3 is 0.763 bits per heavy atom. The second-order valence-electron chi connectivity index (χ2n) is 26.9. The minimum absolute atomic E-state index is 0.105. The Kier molecular flexibility index (Phi) is 65.9. The first-order chi connectivity index (χ1) is 45.1. The van der Waals surface area contributed by atoms with E-state index in [4.69, 9.17) is 37.0 Å². The molecule has 552 valence electrons. The third-order valence-electron chi connectivity index (χ3n) is 17.6. The summed E-state index contributed by atoms with van der Waals surface area (Å²) in [4.78, 5) is 72.3. The Labute approximate surface area is 568 Å². The van der Waals surface area contributed by atoms with E-state index in [-0.39, 0.29) is 25.7 Å². The molecule has 0 aromatic carbocycles. The van der Waals surface area contributed by atoms with Gasteiger partial charge in [-0.15, -0.1) is 0 Å². The van der Waals surface area contributed by atoms with Gasteiger partial charge in [0.05, 0.1) is 26.4 Å². The van der Waals surface area contributed by atoms with Crippen molar-refractivity contribution < 1.29 is 80.2 Å². The lowest BCUT2D eigenvalue weighted by molar-refractivity contribution is -0.161. The number of hydrogen-bond donors (Lipinski definition) is 3. The fourth-order valence-electron chi connectivity index (χ4n) is 11.3. The van der Waals surface area contributed by atoms with Crippen molar-refractivity contribution in [2.45, 2.75) is 406 Å². The summed E-state index contributed by atoms with van der Waals surface area (Å²) < 4.78 is 68.1. The Hall–Kier alpha value is -1.94. The number of hydrogen-bond acceptors (Lipinski definition) is 15. The molecular weight excluding hydrogens is 1220 g/mol. The van der Waals surface area contributed by atoms with Gasteiger partial charge in [0.2, 0.25) is 0 Å². The van der Waals surface area contributed by atoms with Crippen LogP contribution in [0.2, 0.25) is 0 Å². The summed E-state index contributed by atoms with van der Waals surface area (Å²) in [5.41, 5.74) is 0. The number of aliphatic hydroxyl groups is 1. The fraction of sp³-hybridized carbons (Fsp3) is 0.946. The summed E-state index contributed by atoms with van der Waals surface area (Å²) in [6.07, 6.45) is 56.1.